The number of esters is 1. The third-order valence-electron chi connectivity index (χ3n) is 1.15. The largest absolute Gasteiger partial charge is 0.459 e. The average Bonchev–Trinajstić information content (AvgIpc) is 2.81. The van der Waals surface area contributed by atoms with Crippen molar-refractivity contribution in [1.29, 1.82) is 0 Å². The average molecular weight is 198 g/mol. The predicted molar refractivity (Wildman–Crippen MR) is 56.0 cm³/mol. The Bertz CT molecular complexity index is 223. The first-order valence-electron chi connectivity index (χ1n) is 4.49. The van der Waals surface area contributed by atoms with Gasteiger partial charge >= 0.3 is 5.97 Å². The van der Waals surface area contributed by atoms with Gasteiger partial charge in [0.2, 0.25) is 0 Å². The molecule has 0 amide bonds. The SMILES string of the molecule is C=C(C)C.C=C(C)C(=O)OCC1CO1. The maximum atomic E-state index is 10.7. The summed E-state index contributed by atoms with van der Waals surface area (Å²) >= 11 is 0. The van der Waals surface area contributed by atoms with Crippen LogP contribution in [0.5, 0.6) is 0 Å². The molecule has 0 aromatic carbocycles. The minimum atomic E-state index is -0.337. The Morgan fingerprint density at radius 1 is 1.43 bits per heavy atom. The van der Waals surface area contributed by atoms with Crippen molar-refractivity contribution < 1.29 is 14.3 Å². The molecule has 80 valence electrons. The Kier molecular flexibility index (Phi) is 5.88. The van der Waals surface area contributed by atoms with Crippen molar-refractivity contribution in [2.45, 2.75) is 26.9 Å². The Morgan fingerprint density at radius 3 is 2.14 bits per heavy atom. The van der Waals surface area contributed by atoms with Gasteiger partial charge in [0.1, 0.15) is 12.7 Å². The van der Waals surface area contributed by atoms with E-state index < -0.39 is 0 Å². The number of allylic oxidation sites excluding steroid dienone is 1. The van der Waals surface area contributed by atoms with Gasteiger partial charge in [0.25, 0.3) is 0 Å². The van der Waals surface area contributed by atoms with Crippen LogP contribution in [-0.2, 0) is 14.3 Å². The zero-order valence-electron chi connectivity index (χ0n) is 9.13. The molecule has 0 bridgehead atoms. The first-order valence-corrected chi connectivity index (χ1v) is 4.49. The first kappa shape index (κ1) is 12.9. The van der Waals surface area contributed by atoms with Crippen LogP contribution in [0.2, 0.25) is 0 Å². The number of ether oxygens (including phenoxy) is 2. The molecule has 0 aromatic heterocycles. The first-order chi connectivity index (χ1) is 6.43. The van der Waals surface area contributed by atoms with Gasteiger partial charge in [-0.2, -0.15) is 0 Å². The summed E-state index contributed by atoms with van der Waals surface area (Å²) in [5.41, 5.74) is 1.60. The summed E-state index contributed by atoms with van der Waals surface area (Å²) in [4.78, 5) is 10.7. The van der Waals surface area contributed by atoms with Crippen molar-refractivity contribution in [2.75, 3.05) is 13.2 Å². The highest BCUT2D eigenvalue weighted by atomic mass is 16.6. The molecule has 0 radical (unpaired) electrons. The molecule has 3 heteroatoms. The van der Waals surface area contributed by atoms with Gasteiger partial charge in [-0.05, 0) is 20.8 Å². The van der Waals surface area contributed by atoms with Gasteiger partial charge in [-0.1, -0.05) is 12.2 Å². The Hall–Kier alpha value is -1.09. The highest BCUT2D eigenvalue weighted by Gasteiger charge is 2.24. The van der Waals surface area contributed by atoms with E-state index in [0.717, 1.165) is 0 Å². The van der Waals surface area contributed by atoms with Gasteiger partial charge in [-0.15, -0.1) is 6.58 Å². The van der Waals surface area contributed by atoms with Gasteiger partial charge in [0, 0.05) is 5.57 Å². The summed E-state index contributed by atoms with van der Waals surface area (Å²) in [7, 11) is 0. The van der Waals surface area contributed by atoms with Gasteiger partial charge in [0.05, 0.1) is 6.61 Å². The molecule has 1 fully saturated rings. The monoisotopic (exact) mass is 198 g/mol. The van der Waals surface area contributed by atoms with E-state index >= 15 is 0 Å². The van der Waals surface area contributed by atoms with E-state index in [1.165, 1.54) is 5.57 Å². The normalized spacial score (nSPS) is 17.5. The lowest BCUT2D eigenvalue weighted by molar-refractivity contribution is -0.139. The van der Waals surface area contributed by atoms with E-state index in [1.807, 2.05) is 13.8 Å². The lowest BCUT2D eigenvalue weighted by Gasteiger charge is -1.99. The molecule has 1 aliphatic rings. The van der Waals surface area contributed by atoms with Gasteiger partial charge < -0.3 is 9.47 Å². The summed E-state index contributed by atoms with van der Waals surface area (Å²) in [6, 6.07) is 0. The third kappa shape index (κ3) is 9.00. The fourth-order valence-corrected chi connectivity index (χ4v) is 0.456. The standard InChI is InChI=1S/C7H10O3.C4H8/c1-5(2)7(8)10-4-6-3-9-6;1-4(2)3/h6H,1,3-4H2,2H3;1H2,2-3H3. The quantitative estimate of drug-likeness (QED) is 0.301. The van der Waals surface area contributed by atoms with E-state index in [9.17, 15) is 4.79 Å². The van der Waals surface area contributed by atoms with E-state index in [2.05, 4.69) is 13.2 Å². The molecule has 1 heterocycles. The lowest BCUT2D eigenvalue weighted by atomic mass is 10.4. The Balaban J connectivity index is 0.000000364. The van der Waals surface area contributed by atoms with Crippen molar-refractivity contribution in [2.24, 2.45) is 0 Å². The fourth-order valence-electron chi connectivity index (χ4n) is 0.456. The lowest BCUT2D eigenvalue weighted by Crippen LogP contribution is -2.09. The van der Waals surface area contributed by atoms with Crippen LogP contribution in [0.15, 0.2) is 24.3 Å². The Labute approximate surface area is 85.4 Å². The zero-order chi connectivity index (χ0) is 11.1. The van der Waals surface area contributed by atoms with Crippen LogP contribution < -0.4 is 0 Å². The number of rotatable bonds is 3. The molecule has 0 N–H and O–H groups in total. The molecular weight excluding hydrogens is 180 g/mol. The number of epoxide rings is 1. The molecule has 1 rings (SSSR count). The summed E-state index contributed by atoms with van der Waals surface area (Å²) in [6.07, 6.45) is 0.142. The molecule has 0 aromatic rings. The van der Waals surface area contributed by atoms with Crippen molar-refractivity contribution in [3.05, 3.63) is 24.3 Å². The van der Waals surface area contributed by atoms with Crippen molar-refractivity contribution >= 4 is 5.97 Å². The molecule has 1 aliphatic heterocycles. The minimum absolute atomic E-state index is 0.142. The molecule has 14 heavy (non-hydrogen) atoms. The van der Waals surface area contributed by atoms with E-state index in [4.69, 9.17) is 9.47 Å². The van der Waals surface area contributed by atoms with E-state index in [1.54, 1.807) is 6.92 Å². The van der Waals surface area contributed by atoms with Gasteiger partial charge in [-0.25, -0.2) is 4.79 Å². The highest BCUT2D eigenvalue weighted by molar-refractivity contribution is 5.86. The van der Waals surface area contributed by atoms with Crippen LogP contribution in [-0.4, -0.2) is 25.3 Å². The molecule has 0 saturated carbocycles. The fraction of sp³-hybridized carbons (Fsp3) is 0.545. The number of hydrogen-bond acceptors (Lipinski definition) is 3. The molecule has 0 aliphatic carbocycles. The van der Waals surface area contributed by atoms with Gasteiger partial charge in [0.15, 0.2) is 0 Å². The van der Waals surface area contributed by atoms with Gasteiger partial charge in [-0.3, -0.25) is 0 Å². The van der Waals surface area contributed by atoms with Crippen LogP contribution in [0, 0.1) is 0 Å². The highest BCUT2D eigenvalue weighted by Crippen LogP contribution is 2.09. The van der Waals surface area contributed by atoms with Crippen LogP contribution in [0.3, 0.4) is 0 Å². The Morgan fingerprint density at radius 2 is 1.86 bits per heavy atom. The second-order valence-corrected chi connectivity index (χ2v) is 3.54. The molecule has 3 nitrogen and oxygen atoms in total. The van der Waals surface area contributed by atoms with Crippen molar-refractivity contribution in [3.63, 3.8) is 0 Å². The topological polar surface area (TPSA) is 38.8 Å². The maximum absolute atomic E-state index is 10.7. The van der Waals surface area contributed by atoms with E-state index in [0.29, 0.717) is 18.8 Å². The van der Waals surface area contributed by atoms with Crippen LogP contribution in [0.25, 0.3) is 0 Å². The second kappa shape index (κ2) is 6.38. The maximum Gasteiger partial charge on any atom is 0.333 e. The smallest absolute Gasteiger partial charge is 0.333 e. The number of carbonyl (C=O) groups excluding carboxylic acids is 1. The number of carbonyl (C=O) groups is 1. The third-order valence-corrected chi connectivity index (χ3v) is 1.15. The molecule has 1 atom stereocenters. The minimum Gasteiger partial charge on any atom is -0.459 e. The molecule has 1 saturated heterocycles. The zero-order valence-corrected chi connectivity index (χ0v) is 9.13. The summed E-state index contributed by atoms with van der Waals surface area (Å²) in [5.74, 6) is -0.337. The molecule has 1 unspecified atom stereocenters. The van der Waals surface area contributed by atoms with E-state index in [-0.39, 0.29) is 12.1 Å². The second-order valence-electron chi connectivity index (χ2n) is 3.54. The number of hydrogen-bond donors (Lipinski definition) is 0. The summed E-state index contributed by atoms with van der Waals surface area (Å²) in [5, 5.41) is 0. The van der Waals surface area contributed by atoms with Crippen LogP contribution in [0.1, 0.15) is 20.8 Å². The predicted octanol–water partition coefficient (Wildman–Crippen LogP) is 2.09. The molecule has 0 spiro atoms. The van der Waals surface area contributed by atoms with Crippen molar-refractivity contribution in [1.82, 2.24) is 0 Å². The summed E-state index contributed by atoms with van der Waals surface area (Å²) < 4.78 is 9.60. The van der Waals surface area contributed by atoms with Crippen molar-refractivity contribution in [3.8, 4) is 0 Å². The summed E-state index contributed by atoms with van der Waals surface area (Å²) in [6.45, 7) is 13.6. The molecular formula is C11H18O3. The van der Waals surface area contributed by atoms with Crippen LogP contribution in [0.4, 0.5) is 0 Å². The van der Waals surface area contributed by atoms with Crippen LogP contribution >= 0.6 is 0 Å².